The third-order valence-corrected chi connectivity index (χ3v) is 2.63. The number of carboxylic acids is 1. The van der Waals surface area contributed by atoms with Crippen LogP contribution >= 0.6 is 0 Å². The van der Waals surface area contributed by atoms with E-state index < -0.39 is 5.97 Å². The highest BCUT2D eigenvalue weighted by molar-refractivity contribution is 5.84. The molecule has 0 amide bonds. The number of rotatable bonds is 9. The van der Waals surface area contributed by atoms with Gasteiger partial charge in [-0.2, -0.15) is 0 Å². The fourth-order valence-corrected chi connectivity index (χ4v) is 1.21. The van der Waals surface area contributed by atoms with Crippen LogP contribution in [-0.2, 0) is 23.7 Å². The zero-order valence-corrected chi connectivity index (χ0v) is 12.2. The van der Waals surface area contributed by atoms with Crippen molar-refractivity contribution >= 4 is 5.97 Å². The smallest absolute Gasteiger partial charge is 0.330 e. The highest BCUT2D eigenvalue weighted by Crippen LogP contribution is 2.15. The average molecular weight is 288 g/mol. The summed E-state index contributed by atoms with van der Waals surface area (Å²) in [6, 6.07) is 0. The second-order valence-corrected chi connectivity index (χ2v) is 4.88. The molecule has 2 aliphatic rings. The van der Waals surface area contributed by atoms with Crippen LogP contribution in [0.3, 0.4) is 0 Å². The fourth-order valence-electron chi connectivity index (χ4n) is 1.21. The van der Waals surface area contributed by atoms with E-state index in [-0.39, 0.29) is 11.9 Å². The maximum atomic E-state index is 9.60. The van der Waals surface area contributed by atoms with E-state index in [9.17, 15) is 4.79 Å². The first kappa shape index (κ1) is 17.1. The summed E-state index contributed by atoms with van der Waals surface area (Å²) in [5.41, 5.74) is 0.176. The van der Waals surface area contributed by atoms with Gasteiger partial charge in [-0.15, -0.1) is 0 Å². The Balaban J connectivity index is 0.000000286. The lowest BCUT2D eigenvalue weighted by atomic mass is 10.3. The van der Waals surface area contributed by atoms with Gasteiger partial charge < -0.3 is 24.1 Å². The van der Waals surface area contributed by atoms with Crippen LogP contribution in [0.2, 0.25) is 0 Å². The van der Waals surface area contributed by atoms with Crippen molar-refractivity contribution in [2.75, 3.05) is 26.4 Å². The first-order valence-corrected chi connectivity index (χ1v) is 6.88. The highest BCUT2D eigenvalue weighted by atomic mass is 16.7. The van der Waals surface area contributed by atoms with Gasteiger partial charge in [0.15, 0.2) is 6.29 Å². The van der Waals surface area contributed by atoms with E-state index in [4.69, 9.17) is 24.1 Å². The Morgan fingerprint density at radius 1 is 1.30 bits per heavy atom. The molecule has 2 rings (SSSR count). The summed E-state index contributed by atoms with van der Waals surface area (Å²) in [6.45, 7) is 9.73. The number of ether oxygens (including phenoxy) is 4. The van der Waals surface area contributed by atoms with E-state index in [1.807, 2.05) is 0 Å². The van der Waals surface area contributed by atoms with Gasteiger partial charge in [-0.3, -0.25) is 0 Å². The molecule has 0 saturated carbocycles. The maximum absolute atomic E-state index is 9.60. The molecule has 116 valence electrons. The first-order chi connectivity index (χ1) is 9.52. The molecule has 0 bridgehead atoms. The molecule has 2 unspecified atom stereocenters. The third kappa shape index (κ3) is 9.03. The second kappa shape index (κ2) is 9.07. The number of epoxide rings is 2. The topological polar surface area (TPSA) is 80.8 Å². The van der Waals surface area contributed by atoms with Crippen LogP contribution in [0.4, 0.5) is 0 Å². The first-order valence-electron chi connectivity index (χ1n) is 6.88. The Hall–Kier alpha value is -0.950. The summed E-state index contributed by atoms with van der Waals surface area (Å²) in [4.78, 5) is 9.60. The molecule has 1 N–H and O–H groups in total. The van der Waals surface area contributed by atoms with Crippen molar-refractivity contribution in [1.82, 2.24) is 0 Å². The van der Waals surface area contributed by atoms with Crippen molar-refractivity contribution < 1.29 is 28.8 Å². The lowest BCUT2D eigenvalue weighted by Crippen LogP contribution is -2.21. The van der Waals surface area contributed by atoms with Crippen LogP contribution < -0.4 is 0 Å². The molecular formula is C14H24O6. The monoisotopic (exact) mass is 288 g/mol. The quantitative estimate of drug-likeness (QED) is 0.394. The van der Waals surface area contributed by atoms with Crippen LogP contribution in [0.1, 0.15) is 26.7 Å². The van der Waals surface area contributed by atoms with Gasteiger partial charge in [0.25, 0.3) is 0 Å². The van der Waals surface area contributed by atoms with Gasteiger partial charge in [-0.05, 0) is 13.3 Å². The van der Waals surface area contributed by atoms with Crippen LogP contribution in [0.25, 0.3) is 0 Å². The minimum atomic E-state index is -0.935. The Morgan fingerprint density at radius 2 is 1.70 bits per heavy atom. The molecule has 2 heterocycles. The minimum absolute atomic E-state index is 0.0756. The Labute approximate surface area is 119 Å². The van der Waals surface area contributed by atoms with E-state index >= 15 is 0 Å². The van der Waals surface area contributed by atoms with E-state index in [1.54, 1.807) is 0 Å². The third-order valence-electron chi connectivity index (χ3n) is 2.63. The van der Waals surface area contributed by atoms with E-state index in [0.717, 1.165) is 26.1 Å². The molecule has 0 aromatic heterocycles. The molecule has 0 aromatic rings. The average Bonchev–Trinajstić information content (AvgIpc) is 3.28. The van der Waals surface area contributed by atoms with Gasteiger partial charge in [0.2, 0.25) is 0 Å². The lowest BCUT2D eigenvalue weighted by molar-refractivity contribution is -0.150. The maximum Gasteiger partial charge on any atom is 0.330 e. The van der Waals surface area contributed by atoms with E-state index in [2.05, 4.69) is 13.5 Å². The molecular weight excluding hydrogens is 264 g/mol. The number of hydrogen-bond acceptors (Lipinski definition) is 5. The van der Waals surface area contributed by atoms with Crippen LogP contribution in [0.5, 0.6) is 0 Å². The number of carbonyl (C=O) groups is 1. The molecule has 0 spiro atoms. The lowest BCUT2D eigenvalue weighted by Gasteiger charge is -2.16. The standard InChI is InChI=1S/C10H18O4.C4H6O2/c1-2-3-10(13-6-8-4-11-8)14-7-9-5-12-9;1-3(2)4(5)6/h8-10H,2-7H2,1H3;1H2,2H3,(H,5,6). The summed E-state index contributed by atoms with van der Waals surface area (Å²) in [7, 11) is 0. The van der Waals surface area contributed by atoms with Crippen LogP contribution in [0, 0.1) is 0 Å². The van der Waals surface area contributed by atoms with Gasteiger partial charge in [-0.1, -0.05) is 19.9 Å². The normalized spacial score (nSPS) is 24.3. The number of carboxylic acid groups (broad SMARTS) is 1. The van der Waals surface area contributed by atoms with Gasteiger partial charge >= 0.3 is 5.97 Å². The molecule has 2 atom stereocenters. The number of hydrogen-bond donors (Lipinski definition) is 1. The molecule has 2 fully saturated rings. The Morgan fingerprint density at radius 3 is 1.95 bits per heavy atom. The molecule has 2 saturated heterocycles. The Bertz CT molecular complexity index is 281. The molecule has 2 aliphatic heterocycles. The van der Waals surface area contributed by atoms with Crippen molar-refractivity contribution in [2.24, 2.45) is 0 Å². The largest absolute Gasteiger partial charge is 0.478 e. The van der Waals surface area contributed by atoms with Crippen LogP contribution in [0.15, 0.2) is 12.2 Å². The van der Waals surface area contributed by atoms with Crippen molar-refractivity contribution in [3.05, 3.63) is 12.2 Å². The fraction of sp³-hybridized carbons (Fsp3) is 0.786. The molecule has 0 aromatic carbocycles. The van der Waals surface area contributed by atoms with Crippen molar-refractivity contribution in [1.29, 1.82) is 0 Å². The predicted octanol–water partition coefficient (Wildman–Crippen LogP) is 1.59. The summed E-state index contributed by atoms with van der Waals surface area (Å²) in [5.74, 6) is -0.935. The second-order valence-electron chi connectivity index (χ2n) is 4.88. The SMILES string of the molecule is C=C(C)C(=O)O.CCCC(OCC1CO1)OCC1CO1. The predicted molar refractivity (Wildman–Crippen MR) is 72.5 cm³/mol. The highest BCUT2D eigenvalue weighted by Gasteiger charge is 2.27. The van der Waals surface area contributed by atoms with Gasteiger partial charge in [-0.25, -0.2) is 4.79 Å². The van der Waals surface area contributed by atoms with Gasteiger partial charge in [0.05, 0.1) is 26.4 Å². The minimum Gasteiger partial charge on any atom is -0.478 e. The molecule has 0 radical (unpaired) electrons. The van der Waals surface area contributed by atoms with Crippen molar-refractivity contribution in [2.45, 2.75) is 45.2 Å². The zero-order valence-electron chi connectivity index (χ0n) is 12.2. The Kier molecular flexibility index (Phi) is 7.76. The summed E-state index contributed by atoms with van der Waals surface area (Å²) < 4.78 is 21.3. The van der Waals surface area contributed by atoms with E-state index in [1.165, 1.54) is 6.92 Å². The van der Waals surface area contributed by atoms with E-state index in [0.29, 0.717) is 25.4 Å². The zero-order chi connectivity index (χ0) is 15.0. The molecule has 6 heteroatoms. The van der Waals surface area contributed by atoms with Gasteiger partial charge in [0.1, 0.15) is 12.2 Å². The van der Waals surface area contributed by atoms with Gasteiger partial charge in [0, 0.05) is 5.57 Å². The molecule has 0 aliphatic carbocycles. The van der Waals surface area contributed by atoms with Crippen molar-refractivity contribution in [3.8, 4) is 0 Å². The summed E-state index contributed by atoms with van der Waals surface area (Å²) in [6.07, 6.45) is 2.57. The van der Waals surface area contributed by atoms with Crippen molar-refractivity contribution in [3.63, 3.8) is 0 Å². The summed E-state index contributed by atoms with van der Waals surface area (Å²) >= 11 is 0. The molecule has 6 nitrogen and oxygen atoms in total. The number of aliphatic carboxylic acids is 1. The van der Waals surface area contributed by atoms with Crippen LogP contribution in [-0.4, -0.2) is 56.0 Å². The summed E-state index contributed by atoms with van der Waals surface area (Å²) in [5, 5.41) is 7.89. The molecule has 20 heavy (non-hydrogen) atoms.